The summed E-state index contributed by atoms with van der Waals surface area (Å²) < 4.78 is 25.4. The van der Waals surface area contributed by atoms with Gasteiger partial charge in [0.1, 0.15) is 17.3 Å². The van der Waals surface area contributed by atoms with Crippen molar-refractivity contribution in [3.8, 4) is 0 Å². The summed E-state index contributed by atoms with van der Waals surface area (Å²) >= 11 is 11.1. The largest absolute Gasteiger partial charge is 0.267 e. The highest BCUT2D eigenvalue weighted by Crippen LogP contribution is 2.11. The second kappa shape index (κ2) is 6.22. The first kappa shape index (κ1) is 13.5. The van der Waals surface area contributed by atoms with E-state index in [1.54, 1.807) is 0 Å². The van der Waals surface area contributed by atoms with E-state index in [-0.39, 0.29) is 16.7 Å². The second-order valence-electron chi connectivity index (χ2n) is 3.04. The fourth-order valence-corrected chi connectivity index (χ4v) is 2.44. The summed E-state index contributed by atoms with van der Waals surface area (Å²) in [5, 5.41) is 0.188. The van der Waals surface area contributed by atoms with E-state index in [4.69, 9.17) is 23.2 Å². The number of rotatable bonds is 6. The maximum Gasteiger partial charge on any atom is 0.233 e. The Balaban J connectivity index is 2.59. The first-order valence-corrected chi connectivity index (χ1v) is 7.14. The summed E-state index contributed by atoms with van der Waals surface area (Å²) in [5.41, 5.74) is 0. The van der Waals surface area contributed by atoms with Crippen molar-refractivity contribution < 1.29 is 8.42 Å². The van der Waals surface area contributed by atoms with Crippen molar-refractivity contribution in [3.63, 3.8) is 0 Å². The molecule has 0 fully saturated rings. The molecule has 5 nitrogen and oxygen atoms in total. The van der Waals surface area contributed by atoms with Crippen LogP contribution in [0, 0.1) is 0 Å². The van der Waals surface area contributed by atoms with Gasteiger partial charge in [-0.1, -0.05) is 11.6 Å². The lowest BCUT2D eigenvalue weighted by molar-refractivity contribution is 0.598. The zero-order valence-electron chi connectivity index (χ0n) is 8.36. The Morgan fingerprint density at radius 1 is 1.31 bits per heavy atom. The number of anilines is 1. The molecular formula is C8H11Cl2N3O2S. The first-order chi connectivity index (χ1) is 7.53. The number of halogens is 2. The van der Waals surface area contributed by atoms with Crippen LogP contribution in [0.2, 0.25) is 5.15 Å². The van der Waals surface area contributed by atoms with Crippen molar-refractivity contribution >= 4 is 39.0 Å². The number of hydrogen-bond donors (Lipinski definition) is 1. The van der Waals surface area contributed by atoms with Gasteiger partial charge in [-0.3, -0.25) is 4.72 Å². The highest BCUT2D eigenvalue weighted by molar-refractivity contribution is 7.92. The van der Waals surface area contributed by atoms with Crippen LogP contribution in [0.5, 0.6) is 0 Å². The van der Waals surface area contributed by atoms with Crippen LogP contribution in [0.3, 0.4) is 0 Å². The smallest absolute Gasteiger partial charge is 0.233 e. The fourth-order valence-electron chi connectivity index (χ4n) is 0.986. The van der Waals surface area contributed by atoms with Gasteiger partial charge in [0, 0.05) is 11.9 Å². The predicted octanol–water partition coefficient (Wildman–Crippen LogP) is 1.89. The van der Waals surface area contributed by atoms with Gasteiger partial charge in [0.05, 0.1) is 5.75 Å². The number of sulfonamides is 1. The molecule has 1 rings (SSSR count). The summed E-state index contributed by atoms with van der Waals surface area (Å²) in [4.78, 5) is 7.39. The highest BCUT2D eigenvalue weighted by Gasteiger charge is 2.10. The molecule has 0 aliphatic rings. The molecule has 8 heteroatoms. The number of nitrogens with zero attached hydrogens (tertiary/aromatic N) is 2. The van der Waals surface area contributed by atoms with Gasteiger partial charge in [0.15, 0.2) is 0 Å². The van der Waals surface area contributed by atoms with Crippen LogP contribution < -0.4 is 4.72 Å². The predicted molar refractivity (Wildman–Crippen MR) is 64.4 cm³/mol. The van der Waals surface area contributed by atoms with Crippen LogP contribution in [-0.2, 0) is 10.0 Å². The van der Waals surface area contributed by atoms with E-state index in [2.05, 4.69) is 14.7 Å². The Morgan fingerprint density at radius 3 is 2.69 bits per heavy atom. The summed E-state index contributed by atoms with van der Waals surface area (Å²) in [7, 11) is -3.38. The summed E-state index contributed by atoms with van der Waals surface area (Å²) in [6.45, 7) is 0. The van der Waals surface area contributed by atoms with E-state index >= 15 is 0 Å². The summed E-state index contributed by atoms with van der Waals surface area (Å²) in [6, 6.07) is 1.35. The summed E-state index contributed by atoms with van der Waals surface area (Å²) in [6.07, 6.45) is 2.36. The molecule has 1 N–H and O–H groups in total. The number of unbranched alkanes of at least 4 members (excludes halogenated alkanes) is 1. The molecule has 0 amide bonds. The molecule has 16 heavy (non-hydrogen) atoms. The van der Waals surface area contributed by atoms with Crippen LogP contribution in [0.15, 0.2) is 12.4 Å². The lowest BCUT2D eigenvalue weighted by Gasteiger charge is -2.06. The van der Waals surface area contributed by atoms with Crippen molar-refractivity contribution in [2.75, 3.05) is 16.4 Å². The van der Waals surface area contributed by atoms with Crippen molar-refractivity contribution in [2.24, 2.45) is 0 Å². The molecule has 0 atom stereocenters. The van der Waals surface area contributed by atoms with E-state index in [1.165, 1.54) is 12.4 Å². The van der Waals surface area contributed by atoms with E-state index in [0.717, 1.165) is 0 Å². The molecule has 1 aromatic heterocycles. The molecule has 0 aromatic carbocycles. The maximum atomic E-state index is 11.5. The number of nitrogens with one attached hydrogen (secondary N) is 1. The summed E-state index contributed by atoms with van der Waals surface area (Å²) in [5.74, 6) is 0.641. The molecule has 0 aliphatic heterocycles. The van der Waals surface area contributed by atoms with E-state index in [1.807, 2.05) is 0 Å². The van der Waals surface area contributed by atoms with Crippen LogP contribution in [-0.4, -0.2) is 30.0 Å². The van der Waals surface area contributed by atoms with E-state index in [9.17, 15) is 8.42 Å². The van der Waals surface area contributed by atoms with Gasteiger partial charge in [0.2, 0.25) is 10.0 Å². The minimum Gasteiger partial charge on any atom is -0.267 e. The third-order valence-corrected chi connectivity index (χ3v) is 3.51. The van der Waals surface area contributed by atoms with Crippen molar-refractivity contribution in [1.29, 1.82) is 0 Å². The third-order valence-electron chi connectivity index (χ3n) is 1.69. The van der Waals surface area contributed by atoms with Gasteiger partial charge in [-0.15, -0.1) is 11.6 Å². The van der Waals surface area contributed by atoms with Gasteiger partial charge >= 0.3 is 0 Å². The van der Waals surface area contributed by atoms with Gasteiger partial charge in [-0.05, 0) is 12.8 Å². The molecule has 0 saturated carbocycles. The van der Waals surface area contributed by atoms with E-state index in [0.29, 0.717) is 18.7 Å². The Kier molecular flexibility index (Phi) is 5.24. The monoisotopic (exact) mass is 283 g/mol. The molecule has 1 heterocycles. The van der Waals surface area contributed by atoms with Crippen LogP contribution >= 0.6 is 23.2 Å². The second-order valence-corrected chi connectivity index (χ2v) is 5.65. The van der Waals surface area contributed by atoms with Crippen LogP contribution in [0.4, 0.5) is 5.82 Å². The molecule has 0 saturated heterocycles. The normalized spacial score (nSPS) is 11.4. The molecule has 0 unspecified atom stereocenters. The molecule has 0 aliphatic carbocycles. The zero-order valence-corrected chi connectivity index (χ0v) is 10.7. The first-order valence-electron chi connectivity index (χ1n) is 4.57. The average Bonchev–Trinajstić information content (AvgIpc) is 2.17. The van der Waals surface area contributed by atoms with Gasteiger partial charge in [-0.2, -0.15) is 0 Å². The van der Waals surface area contributed by atoms with Gasteiger partial charge in [0.25, 0.3) is 0 Å². The Morgan fingerprint density at radius 2 is 2.06 bits per heavy atom. The number of hydrogen-bond acceptors (Lipinski definition) is 4. The van der Waals surface area contributed by atoms with Crippen molar-refractivity contribution in [1.82, 2.24) is 9.97 Å². The average molecular weight is 284 g/mol. The minimum atomic E-state index is -3.38. The molecule has 90 valence electrons. The number of alkyl halides is 1. The van der Waals surface area contributed by atoms with E-state index < -0.39 is 10.0 Å². The van der Waals surface area contributed by atoms with Crippen LogP contribution in [0.1, 0.15) is 12.8 Å². The molecule has 0 bridgehead atoms. The Bertz CT molecular complexity index is 439. The molecular weight excluding hydrogens is 273 g/mol. The van der Waals surface area contributed by atoms with Crippen molar-refractivity contribution in [2.45, 2.75) is 12.8 Å². The minimum absolute atomic E-state index is 0.0152. The lowest BCUT2D eigenvalue weighted by Crippen LogP contribution is -2.17. The quantitative estimate of drug-likeness (QED) is 0.492. The van der Waals surface area contributed by atoms with Gasteiger partial charge in [-0.25, -0.2) is 18.4 Å². The Hall–Kier alpha value is -0.590. The fraction of sp³-hybridized carbons (Fsp3) is 0.500. The van der Waals surface area contributed by atoms with Crippen molar-refractivity contribution in [3.05, 3.63) is 17.5 Å². The van der Waals surface area contributed by atoms with Gasteiger partial charge < -0.3 is 0 Å². The van der Waals surface area contributed by atoms with Crippen LogP contribution in [0.25, 0.3) is 0 Å². The number of aromatic nitrogens is 2. The molecule has 0 spiro atoms. The third kappa shape index (κ3) is 4.96. The topological polar surface area (TPSA) is 72.0 Å². The Labute approximate surface area is 104 Å². The SMILES string of the molecule is O=S(=O)(CCCCCl)Nc1cc(Cl)ncn1. The zero-order chi connectivity index (χ0) is 12.0. The lowest BCUT2D eigenvalue weighted by atomic mass is 10.4. The highest BCUT2D eigenvalue weighted by atomic mass is 35.5. The molecule has 0 radical (unpaired) electrons. The molecule has 1 aromatic rings. The maximum absolute atomic E-state index is 11.5. The standard InChI is InChI=1S/C8H11Cl2N3O2S/c9-3-1-2-4-16(14,15)13-8-5-7(10)11-6-12-8/h5-6H,1-4H2,(H,11,12,13).